The molecule has 0 radical (unpaired) electrons. The van der Waals surface area contributed by atoms with Crippen LogP contribution in [0.1, 0.15) is 13.3 Å². The lowest BCUT2D eigenvalue weighted by molar-refractivity contribution is -0.00283. The van der Waals surface area contributed by atoms with Gasteiger partial charge in [-0.2, -0.15) is 4.31 Å². The van der Waals surface area contributed by atoms with Crippen molar-refractivity contribution in [3.63, 3.8) is 0 Å². The Bertz CT molecular complexity index is 634. The van der Waals surface area contributed by atoms with Gasteiger partial charge in [0.1, 0.15) is 10.7 Å². The average Bonchev–Trinajstić information content (AvgIpc) is 2.54. The normalized spacial score (nSPS) is 19.9. The van der Waals surface area contributed by atoms with E-state index in [1.54, 1.807) is 0 Å². The molecule has 0 saturated carbocycles. The van der Waals surface area contributed by atoms with Crippen molar-refractivity contribution < 1.29 is 27.0 Å². The number of sulfonamides is 1. The van der Waals surface area contributed by atoms with Crippen LogP contribution < -0.4 is 9.47 Å². The van der Waals surface area contributed by atoms with E-state index in [1.165, 1.54) is 18.5 Å². The molecule has 1 fully saturated rings. The van der Waals surface area contributed by atoms with Crippen molar-refractivity contribution in [2.75, 3.05) is 33.9 Å². The molecular formula is C14H20FNO5S. The Labute approximate surface area is 129 Å². The molecule has 1 saturated heterocycles. The van der Waals surface area contributed by atoms with Crippen LogP contribution in [0.4, 0.5) is 4.39 Å². The highest BCUT2D eigenvalue weighted by atomic mass is 32.2. The minimum atomic E-state index is -3.95. The Morgan fingerprint density at radius 2 is 1.95 bits per heavy atom. The zero-order valence-corrected chi connectivity index (χ0v) is 13.7. The predicted molar refractivity (Wildman–Crippen MR) is 78.3 cm³/mol. The Balaban J connectivity index is 2.40. The van der Waals surface area contributed by atoms with E-state index in [0.29, 0.717) is 13.0 Å². The number of morpholine rings is 1. The number of benzene rings is 1. The van der Waals surface area contributed by atoms with Crippen molar-refractivity contribution in [1.29, 1.82) is 0 Å². The second-order valence-corrected chi connectivity index (χ2v) is 6.81. The summed E-state index contributed by atoms with van der Waals surface area (Å²) in [6.45, 7) is 2.63. The van der Waals surface area contributed by atoms with Gasteiger partial charge in [0.15, 0.2) is 11.5 Å². The summed E-state index contributed by atoms with van der Waals surface area (Å²) >= 11 is 0. The number of hydrogen-bond donors (Lipinski definition) is 0. The number of nitrogens with zero attached hydrogens (tertiary/aromatic N) is 1. The monoisotopic (exact) mass is 333 g/mol. The van der Waals surface area contributed by atoms with Gasteiger partial charge in [0.2, 0.25) is 10.0 Å². The Hall–Kier alpha value is -1.38. The summed E-state index contributed by atoms with van der Waals surface area (Å²) in [6.07, 6.45) is 0.521. The fourth-order valence-corrected chi connectivity index (χ4v) is 3.85. The summed E-state index contributed by atoms with van der Waals surface area (Å²) in [7, 11) is -1.22. The number of ether oxygens (including phenoxy) is 3. The van der Waals surface area contributed by atoms with E-state index in [9.17, 15) is 12.8 Å². The maximum Gasteiger partial charge on any atom is 0.246 e. The minimum absolute atomic E-state index is 0.146. The van der Waals surface area contributed by atoms with E-state index in [-0.39, 0.29) is 30.7 Å². The molecule has 0 aromatic heterocycles. The summed E-state index contributed by atoms with van der Waals surface area (Å²) in [5, 5.41) is 0. The first kappa shape index (κ1) is 17.0. The summed E-state index contributed by atoms with van der Waals surface area (Å²) in [6, 6.07) is 2.17. The molecule has 0 bridgehead atoms. The van der Waals surface area contributed by atoms with E-state index in [4.69, 9.17) is 14.2 Å². The first-order chi connectivity index (χ1) is 10.4. The molecule has 1 aromatic rings. The Morgan fingerprint density at radius 1 is 1.32 bits per heavy atom. The highest BCUT2D eigenvalue weighted by Crippen LogP contribution is 2.33. The van der Waals surface area contributed by atoms with Gasteiger partial charge in [0, 0.05) is 25.2 Å². The highest BCUT2D eigenvalue weighted by Gasteiger charge is 2.33. The van der Waals surface area contributed by atoms with E-state index in [1.807, 2.05) is 6.92 Å². The van der Waals surface area contributed by atoms with Gasteiger partial charge in [-0.05, 0) is 6.42 Å². The molecule has 0 spiro atoms. The third-order valence-electron chi connectivity index (χ3n) is 3.61. The van der Waals surface area contributed by atoms with Crippen LogP contribution >= 0.6 is 0 Å². The summed E-state index contributed by atoms with van der Waals surface area (Å²) in [5.74, 6) is -0.549. The quantitative estimate of drug-likeness (QED) is 0.820. The molecule has 1 aliphatic rings. The first-order valence-electron chi connectivity index (χ1n) is 6.97. The number of halogens is 1. The molecular weight excluding hydrogens is 313 g/mol. The van der Waals surface area contributed by atoms with Gasteiger partial charge < -0.3 is 14.2 Å². The van der Waals surface area contributed by atoms with E-state index >= 15 is 0 Å². The first-order valence-corrected chi connectivity index (χ1v) is 8.41. The SMILES string of the molecule is CC[C@@H]1CN(S(=O)(=O)c2cc(OC)c(OC)cc2F)CCO1. The van der Waals surface area contributed by atoms with Crippen LogP contribution in [0, 0.1) is 5.82 Å². The fraction of sp³-hybridized carbons (Fsp3) is 0.571. The topological polar surface area (TPSA) is 65.1 Å². The van der Waals surface area contributed by atoms with Gasteiger partial charge in [0.25, 0.3) is 0 Å². The third-order valence-corrected chi connectivity index (χ3v) is 5.49. The van der Waals surface area contributed by atoms with Gasteiger partial charge in [0.05, 0.1) is 26.9 Å². The van der Waals surface area contributed by atoms with Gasteiger partial charge in [-0.1, -0.05) is 6.92 Å². The van der Waals surface area contributed by atoms with Crippen LogP contribution in [-0.4, -0.2) is 52.7 Å². The average molecular weight is 333 g/mol. The molecule has 2 rings (SSSR count). The number of hydrogen-bond acceptors (Lipinski definition) is 5. The lowest BCUT2D eigenvalue weighted by atomic mass is 10.2. The van der Waals surface area contributed by atoms with Gasteiger partial charge in [-0.25, -0.2) is 12.8 Å². The van der Waals surface area contributed by atoms with Gasteiger partial charge >= 0.3 is 0 Å². The molecule has 22 heavy (non-hydrogen) atoms. The molecule has 0 amide bonds. The molecule has 8 heteroatoms. The lowest BCUT2D eigenvalue weighted by Gasteiger charge is -2.31. The molecule has 0 unspecified atom stereocenters. The highest BCUT2D eigenvalue weighted by molar-refractivity contribution is 7.89. The van der Waals surface area contributed by atoms with E-state index < -0.39 is 20.7 Å². The second-order valence-electron chi connectivity index (χ2n) is 4.90. The van der Waals surface area contributed by atoms with Crippen molar-refractivity contribution in [3.05, 3.63) is 17.9 Å². The molecule has 0 N–H and O–H groups in total. The second kappa shape index (κ2) is 6.80. The maximum absolute atomic E-state index is 14.2. The maximum atomic E-state index is 14.2. The molecule has 1 heterocycles. The van der Waals surface area contributed by atoms with Crippen LogP contribution in [0.5, 0.6) is 11.5 Å². The lowest BCUT2D eigenvalue weighted by Crippen LogP contribution is -2.45. The van der Waals surface area contributed by atoms with Crippen molar-refractivity contribution in [1.82, 2.24) is 4.31 Å². The third kappa shape index (κ3) is 3.18. The van der Waals surface area contributed by atoms with Crippen LogP contribution in [0.25, 0.3) is 0 Å². The van der Waals surface area contributed by atoms with E-state index in [2.05, 4.69) is 0 Å². The Kier molecular flexibility index (Phi) is 5.25. The van der Waals surface area contributed by atoms with Crippen LogP contribution in [0.3, 0.4) is 0 Å². The molecule has 1 atom stereocenters. The van der Waals surface area contributed by atoms with Crippen molar-refractivity contribution in [3.8, 4) is 11.5 Å². The largest absolute Gasteiger partial charge is 0.493 e. The van der Waals surface area contributed by atoms with Crippen LogP contribution in [0.2, 0.25) is 0 Å². The van der Waals surface area contributed by atoms with Crippen molar-refractivity contribution in [2.24, 2.45) is 0 Å². The molecule has 124 valence electrons. The molecule has 1 aliphatic heterocycles. The predicted octanol–water partition coefficient (Wildman–Crippen LogP) is 1.64. The summed E-state index contributed by atoms with van der Waals surface area (Å²) in [4.78, 5) is -0.415. The molecule has 1 aromatic carbocycles. The number of rotatable bonds is 5. The van der Waals surface area contributed by atoms with Gasteiger partial charge in [-0.3, -0.25) is 0 Å². The van der Waals surface area contributed by atoms with Gasteiger partial charge in [-0.15, -0.1) is 0 Å². The zero-order chi connectivity index (χ0) is 16.3. The summed E-state index contributed by atoms with van der Waals surface area (Å²) < 4.78 is 56.3. The molecule has 0 aliphatic carbocycles. The van der Waals surface area contributed by atoms with Crippen LogP contribution in [-0.2, 0) is 14.8 Å². The molecule has 6 nitrogen and oxygen atoms in total. The number of methoxy groups -OCH3 is 2. The smallest absolute Gasteiger partial charge is 0.246 e. The van der Waals surface area contributed by atoms with Crippen molar-refractivity contribution >= 4 is 10.0 Å². The zero-order valence-electron chi connectivity index (χ0n) is 12.8. The standard InChI is InChI=1S/C14H20FNO5S/c1-4-10-9-16(5-6-21-10)22(17,18)14-8-13(20-3)12(19-2)7-11(14)15/h7-8,10H,4-6,9H2,1-3H3/t10-/m1/s1. The van der Waals surface area contributed by atoms with Crippen molar-refractivity contribution in [2.45, 2.75) is 24.3 Å². The minimum Gasteiger partial charge on any atom is -0.493 e. The summed E-state index contributed by atoms with van der Waals surface area (Å²) in [5.41, 5.74) is 0. The van der Waals surface area contributed by atoms with Crippen LogP contribution in [0.15, 0.2) is 17.0 Å². The van der Waals surface area contributed by atoms with E-state index in [0.717, 1.165) is 12.1 Å². The fourth-order valence-electron chi connectivity index (χ4n) is 2.33. The Morgan fingerprint density at radius 3 is 2.55 bits per heavy atom.